The van der Waals surface area contributed by atoms with E-state index in [4.69, 9.17) is 0 Å². The maximum absolute atomic E-state index is 12.1. The van der Waals surface area contributed by atoms with E-state index in [9.17, 15) is 13.2 Å². The predicted octanol–water partition coefficient (Wildman–Crippen LogP) is 2.91. The average molecular weight is 272 g/mol. The van der Waals surface area contributed by atoms with E-state index in [1.165, 1.54) is 6.26 Å². The predicted molar refractivity (Wildman–Crippen MR) is 74.3 cm³/mol. The van der Waals surface area contributed by atoms with Crippen LogP contribution in [-0.4, -0.2) is 25.7 Å². The van der Waals surface area contributed by atoms with Crippen molar-refractivity contribution < 1.29 is 13.2 Å². The molecule has 4 heteroatoms. The van der Waals surface area contributed by atoms with E-state index in [0.29, 0.717) is 12.8 Å². The quantitative estimate of drug-likeness (QED) is 0.723. The summed E-state index contributed by atoms with van der Waals surface area (Å²) in [5.74, 6) is 0.0358. The lowest BCUT2D eigenvalue weighted by Crippen LogP contribution is -2.30. The second-order valence-electron chi connectivity index (χ2n) is 5.23. The van der Waals surface area contributed by atoms with E-state index in [2.05, 4.69) is 0 Å². The molecule has 0 radical (unpaired) electrons. The highest BCUT2D eigenvalue weighted by molar-refractivity contribution is 7.91. The Morgan fingerprint density at radius 2 is 1.83 bits per heavy atom. The van der Waals surface area contributed by atoms with Crippen LogP contribution in [0.2, 0.25) is 0 Å². The second kappa shape index (κ2) is 6.50. The molecule has 0 aromatic heterocycles. The van der Waals surface area contributed by atoms with Crippen LogP contribution in [0, 0.1) is 5.92 Å². The third-order valence-electron chi connectivity index (χ3n) is 3.89. The smallest absolute Gasteiger partial charge is 0.158 e. The molecule has 0 aliphatic heterocycles. The molecule has 1 rings (SSSR count). The number of rotatable bonds is 5. The summed E-state index contributed by atoms with van der Waals surface area (Å²) in [4.78, 5) is 12.1. The average Bonchev–Trinajstić information content (AvgIpc) is 2.34. The van der Waals surface area contributed by atoms with E-state index < -0.39 is 9.84 Å². The molecule has 18 heavy (non-hydrogen) atoms. The Balaban J connectivity index is 2.73. The minimum atomic E-state index is -3.00. The van der Waals surface area contributed by atoms with E-state index >= 15 is 0 Å². The van der Waals surface area contributed by atoms with E-state index in [1.807, 2.05) is 13.8 Å². The summed E-state index contributed by atoms with van der Waals surface area (Å²) in [5.41, 5.74) is 1.15. The van der Waals surface area contributed by atoms with E-state index in [0.717, 1.165) is 31.3 Å². The van der Waals surface area contributed by atoms with Crippen LogP contribution in [0.3, 0.4) is 0 Å². The zero-order chi connectivity index (χ0) is 13.8. The lowest BCUT2D eigenvalue weighted by atomic mass is 9.85. The molecule has 0 aromatic carbocycles. The minimum absolute atomic E-state index is 0.0911. The van der Waals surface area contributed by atoms with Gasteiger partial charge in [-0.3, -0.25) is 4.79 Å². The highest BCUT2D eigenvalue weighted by atomic mass is 32.2. The van der Waals surface area contributed by atoms with Crippen LogP contribution < -0.4 is 0 Å². The Morgan fingerprint density at radius 1 is 1.22 bits per heavy atom. The van der Waals surface area contributed by atoms with Crippen molar-refractivity contribution in [2.24, 2.45) is 5.92 Å². The topological polar surface area (TPSA) is 51.2 Å². The monoisotopic (exact) mass is 272 g/mol. The fraction of sp³-hybridized carbons (Fsp3) is 0.786. The highest BCUT2D eigenvalue weighted by Gasteiger charge is 2.31. The Hall–Kier alpha value is -0.640. The second-order valence-corrected chi connectivity index (χ2v) is 7.55. The maximum atomic E-state index is 12.1. The Labute approximate surface area is 111 Å². The molecule has 0 spiro atoms. The van der Waals surface area contributed by atoms with Crippen molar-refractivity contribution in [3.63, 3.8) is 0 Å². The summed E-state index contributed by atoms with van der Waals surface area (Å²) < 4.78 is 23.1. The van der Waals surface area contributed by atoms with Crippen LogP contribution in [-0.2, 0) is 14.6 Å². The molecule has 1 aliphatic carbocycles. The summed E-state index contributed by atoms with van der Waals surface area (Å²) in [5, 5.41) is -0.319. The Morgan fingerprint density at radius 3 is 2.33 bits per heavy atom. The highest BCUT2D eigenvalue weighted by Crippen LogP contribution is 2.29. The van der Waals surface area contributed by atoms with Crippen LogP contribution in [0.4, 0.5) is 0 Å². The van der Waals surface area contributed by atoms with Gasteiger partial charge in [0.15, 0.2) is 5.78 Å². The number of sulfone groups is 1. The molecule has 3 nitrogen and oxygen atoms in total. The van der Waals surface area contributed by atoms with Gasteiger partial charge in [0.25, 0.3) is 0 Å². The van der Waals surface area contributed by atoms with Gasteiger partial charge >= 0.3 is 0 Å². The van der Waals surface area contributed by atoms with Gasteiger partial charge in [-0.05, 0) is 38.2 Å². The molecule has 0 aromatic rings. The molecule has 0 heterocycles. The third-order valence-corrected chi connectivity index (χ3v) is 5.53. The minimum Gasteiger partial charge on any atom is -0.295 e. The molecule has 104 valence electrons. The SMILES string of the molecule is CCC(=CC(=O)C1CCCC(S(C)(=O)=O)C1)CC. The van der Waals surface area contributed by atoms with Crippen molar-refractivity contribution in [3.8, 4) is 0 Å². The van der Waals surface area contributed by atoms with Crippen molar-refractivity contribution in [1.82, 2.24) is 0 Å². The molecule has 2 unspecified atom stereocenters. The molecule has 0 N–H and O–H groups in total. The normalized spacial score (nSPS) is 24.6. The van der Waals surface area contributed by atoms with Crippen molar-refractivity contribution in [2.75, 3.05) is 6.26 Å². The fourth-order valence-corrected chi connectivity index (χ4v) is 3.74. The first kappa shape index (κ1) is 15.4. The van der Waals surface area contributed by atoms with Gasteiger partial charge in [-0.25, -0.2) is 8.42 Å². The molecular weight excluding hydrogens is 248 g/mol. The van der Waals surface area contributed by atoms with Gasteiger partial charge in [0.2, 0.25) is 0 Å². The van der Waals surface area contributed by atoms with Gasteiger partial charge in [0.05, 0.1) is 5.25 Å². The van der Waals surface area contributed by atoms with Crippen LogP contribution >= 0.6 is 0 Å². The first-order valence-corrected chi connectivity index (χ1v) is 8.76. The van der Waals surface area contributed by atoms with Gasteiger partial charge in [-0.1, -0.05) is 25.8 Å². The van der Waals surface area contributed by atoms with Gasteiger partial charge < -0.3 is 0 Å². The van der Waals surface area contributed by atoms with Crippen LogP contribution in [0.25, 0.3) is 0 Å². The number of allylic oxidation sites excluding steroid dienone is 2. The molecular formula is C14H24O3S. The first-order valence-electron chi connectivity index (χ1n) is 6.80. The number of carbonyl (C=O) groups is 1. The zero-order valence-corrected chi connectivity index (χ0v) is 12.4. The lowest BCUT2D eigenvalue weighted by molar-refractivity contribution is -0.119. The lowest BCUT2D eigenvalue weighted by Gasteiger charge is -2.26. The van der Waals surface area contributed by atoms with Gasteiger partial charge in [-0.15, -0.1) is 0 Å². The number of carbonyl (C=O) groups excluding carboxylic acids is 1. The van der Waals surface area contributed by atoms with Crippen molar-refractivity contribution in [2.45, 2.75) is 57.6 Å². The summed E-state index contributed by atoms with van der Waals surface area (Å²) >= 11 is 0. The largest absolute Gasteiger partial charge is 0.295 e. The van der Waals surface area contributed by atoms with Gasteiger partial charge in [0, 0.05) is 12.2 Å². The standard InChI is InChI=1S/C14H24O3S/c1-4-11(5-2)9-14(15)12-7-6-8-13(10-12)18(3,16)17/h9,12-13H,4-8,10H2,1-3H3. The molecule has 0 bridgehead atoms. The fourth-order valence-electron chi connectivity index (χ4n) is 2.57. The zero-order valence-electron chi connectivity index (χ0n) is 11.6. The Bertz CT molecular complexity index is 414. The van der Waals surface area contributed by atoms with Crippen molar-refractivity contribution in [3.05, 3.63) is 11.6 Å². The number of hydrogen-bond donors (Lipinski definition) is 0. The van der Waals surface area contributed by atoms with Gasteiger partial charge in [-0.2, -0.15) is 0 Å². The number of ketones is 1. The molecule has 0 amide bonds. The summed E-state index contributed by atoms with van der Waals surface area (Å²) in [6, 6.07) is 0. The van der Waals surface area contributed by atoms with Crippen molar-refractivity contribution in [1.29, 1.82) is 0 Å². The number of hydrogen-bond acceptors (Lipinski definition) is 3. The molecule has 2 atom stereocenters. The molecule has 1 fully saturated rings. The van der Waals surface area contributed by atoms with Gasteiger partial charge in [0.1, 0.15) is 9.84 Å². The third kappa shape index (κ3) is 4.23. The van der Waals surface area contributed by atoms with E-state index in [-0.39, 0.29) is 17.0 Å². The van der Waals surface area contributed by atoms with Crippen LogP contribution in [0.1, 0.15) is 52.4 Å². The first-order chi connectivity index (χ1) is 8.38. The van der Waals surface area contributed by atoms with Crippen LogP contribution in [0.15, 0.2) is 11.6 Å². The van der Waals surface area contributed by atoms with Crippen molar-refractivity contribution >= 4 is 15.6 Å². The molecule has 1 saturated carbocycles. The molecule has 1 aliphatic rings. The summed E-state index contributed by atoms with van der Waals surface area (Å²) in [6.45, 7) is 4.09. The molecule has 0 saturated heterocycles. The Kier molecular flexibility index (Phi) is 5.57. The summed E-state index contributed by atoms with van der Waals surface area (Å²) in [7, 11) is -3.00. The maximum Gasteiger partial charge on any atom is 0.158 e. The van der Waals surface area contributed by atoms with Crippen LogP contribution in [0.5, 0.6) is 0 Å². The summed E-state index contributed by atoms with van der Waals surface area (Å²) in [6.07, 6.45) is 7.71. The van der Waals surface area contributed by atoms with E-state index in [1.54, 1.807) is 6.08 Å².